The lowest BCUT2D eigenvalue weighted by Crippen LogP contribution is -2.28. The predicted molar refractivity (Wildman–Crippen MR) is 67.7 cm³/mol. The maximum atomic E-state index is 5.68. The molecule has 1 aromatic rings. The van der Waals surface area contributed by atoms with Crippen molar-refractivity contribution in [1.29, 1.82) is 0 Å². The number of rotatable bonds is 4. The van der Waals surface area contributed by atoms with Crippen molar-refractivity contribution in [3.05, 3.63) is 0 Å². The van der Waals surface area contributed by atoms with Crippen LogP contribution in [0, 0.1) is 0 Å². The van der Waals surface area contributed by atoms with E-state index in [4.69, 9.17) is 15.2 Å². The van der Waals surface area contributed by atoms with E-state index in [0.29, 0.717) is 25.2 Å². The SMILES string of the molecule is CCCOc1nc(N)nc(N2CCCOCC2)n1. The van der Waals surface area contributed by atoms with E-state index >= 15 is 0 Å². The first-order chi connectivity index (χ1) is 8.79. The zero-order chi connectivity index (χ0) is 12.8. The summed E-state index contributed by atoms with van der Waals surface area (Å²) in [6, 6.07) is 0.296. The Morgan fingerprint density at radius 2 is 2.17 bits per heavy atom. The molecule has 2 rings (SSSR count). The van der Waals surface area contributed by atoms with Gasteiger partial charge < -0.3 is 20.1 Å². The fourth-order valence-corrected chi connectivity index (χ4v) is 1.71. The normalized spacial score (nSPS) is 16.4. The summed E-state index contributed by atoms with van der Waals surface area (Å²) in [6.45, 7) is 5.67. The molecule has 1 saturated heterocycles. The Bertz CT molecular complexity index is 380. The van der Waals surface area contributed by atoms with Crippen LogP contribution in [0.15, 0.2) is 0 Å². The van der Waals surface area contributed by atoms with Gasteiger partial charge in [-0.2, -0.15) is 15.0 Å². The third kappa shape index (κ3) is 3.43. The second-order valence-corrected chi connectivity index (χ2v) is 4.08. The highest BCUT2D eigenvalue weighted by Crippen LogP contribution is 2.15. The van der Waals surface area contributed by atoms with Crippen molar-refractivity contribution in [2.75, 3.05) is 43.5 Å². The lowest BCUT2D eigenvalue weighted by atomic mass is 10.4. The molecule has 0 unspecified atom stereocenters. The molecular formula is C11H19N5O2. The number of nitrogens with zero attached hydrogens (tertiary/aromatic N) is 4. The lowest BCUT2D eigenvalue weighted by molar-refractivity contribution is 0.152. The highest BCUT2D eigenvalue weighted by molar-refractivity contribution is 5.36. The van der Waals surface area contributed by atoms with Crippen molar-refractivity contribution < 1.29 is 9.47 Å². The van der Waals surface area contributed by atoms with Crippen LogP contribution in [0.25, 0.3) is 0 Å². The highest BCUT2D eigenvalue weighted by Gasteiger charge is 2.15. The van der Waals surface area contributed by atoms with E-state index in [9.17, 15) is 0 Å². The molecule has 0 aliphatic carbocycles. The Labute approximate surface area is 106 Å². The average molecular weight is 253 g/mol. The molecule has 1 aromatic heterocycles. The summed E-state index contributed by atoms with van der Waals surface area (Å²) in [4.78, 5) is 14.4. The van der Waals surface area contributed by atoms with Gasteiger partial charge in [0.25, 0.3) is 0 Å². The molecule has 18 heavy (non-hydrogen) atoms. The Kier molecular flexibility index (Phi) is 4.52. The first kappa shape index (κ1) is 12.8. The molecule has 2 N–H and O–H groups in total. The van der Waals surface area contributed by atoms with Gasteiger partial charge in [-0.3, -0.25) is 0 Å². The van der Waals surface area contributed by atoms with Crippen LogP contribution in [0.3, 0.4) is 0 Å². The van der Waals surface area contributed by atoms with Crippen LogP contribution in [-0.4, -0.2) is 47.9 Å². The lowest BCUT2D eigenvalue weighted by Gasteiger charge is -2.19. The van der Waals surface area contributed by atoms with Gasteiger partial charge in [0.15, 0.2) is 0 Å². The van der Waals surface area contributed by atoms with Gasteiger partial charge in [0, 0.05) is 19.7 Å². The summed E-state index contributed by atoms with van der Waals surface area (Å²) in [7, 11) is 0. The van der Waals surface area contributed by atoms with Crippen LogP contribution in [0.5, 0.6) is 6.01 Å². The summed E-state index contributed by atoms with van der Waals surface area (Å²) in [6.07, 6.45) is 1.86. The van der Waals surface area contributed by atoms with E-state index in [1.165, 1.54) is 0 Å². The standard InChI is InChI=1S/C11H19N5O2/c1-2-6-18-11-14-9(12)13-10(15-11)16-4-3-7-17-8-5-16/h2-8H2,1H3,(H2,12,13,14,15). The Morgan fingerprint density at radius 1 is 1.28 bits per heavy atom. The number of aromatic nitrogens is 3. The van der Waals surface area contributed by atoms with Gasteiger partial charge >= 0.3 is 6.01 Å². The monoisotopic (exact) mass is 253 g/mol. The molecule has 1 aliphatic heterocycles. The summed E-state index contributed by atoms with van der Waals surface area (Å²) in [5.74, 6) is 0.760. The quantitative estimate of drug-likeness (QED) is 0.834. The van der Waals surface area contributed by atoms with Gasteiger partial charge in [0.1, 0.15) is 0 Å². The molecule has 7 heteroatoms. The van der Waals surface area contributed by atoms with Crippen molar-refractivity contribution in [3.63, 3.8) is 0 Å². The van der Waals surface area contributed by atoms with Gasteiger partial charge in [-0.05, 0) is 12.8 Å². The minimum Gasteiger partial charge on any atom is -0.463 e. The van der Waals surface area contributed by atoms with Crippen molar-refractivity contribution in [3.8, 4) is 6.01 Å². The van der Waals surface area contributed by atoms with Gasteiger partial charge in [0.05, 0.1) is 13.2 Å². The predicted octanol–water partition coefficient (Wildman–Crippen LogP) is 0.469. The Morgan fingerprint density at radius 3 is 3.00 bits per heavy atom. The summed E-state index contributed by atoms with van der Waals surface area (Å²) < 4.78 is 10.8. The topological polar surface area (TPSA) is 86.4 Å². The van der Waals surface area contributed by atoms with Gasteiger partial charge in [0.2, 0.25) is 11.9 Å². The highest BCUT2D eigenvalue weighted by atomic mass is 16.5. The first-order valence-corrected chi connectivity index (χ1v) is 6.26. The van der Waals surface area contributed by atoms with Crippen molar-refractivity contribution in [1.82, 2.24) is 15.0 Å². The molecule has 0 bridgehead atoms. The van der Waals surface area contributed by atoms with Crippen LogP contribution < -0.4 is 15.4 Å². The average Bonchev–Trinajstić information content (AvgIpc) is 2.64. The van der Waals surface area contributed by atoms with Gasteiger partial charge in [-0.25, -0.2) is 0 Å². The zero-order valence-corrected chi connectivity index (χ0v) is 10.6. The first-order valence-electron chi connectivity index (χ1n) is 6.26. The van der Waals surface area contributed by atoms with Crippen molar-refractivity contribution >= 4 is 11.9 Å². The molecule has 0 spiro atoms. The molecule has 7 nitrogen and oxygen atoms in total. The minimum absolute atomic E-state index is 0.191. The number of hydrogen-bond acceptors (Lipinski definition) is 7. The summed E-state index contributed by atoms with van der Waals surface area (Å²) in [5, 5.41) is 0. The molecule has 1 aliphatic rings. The molecular weight excluding hydrogens is 234 g/mol. The van der Waals surface area contributed by atoms with Crippen molar-refractivity contribution in [2.24, 2.45) is 0 Å². The van der Waals surface area contributed by atoms with Gasteiger partial charge in [-0.15, -0.1) is 0 Å². The number of anilines is 2. The molecule has 0 aromatic carbocycles. The summed E-state index contributed by atoms with van der Waals surface area (Å²) >= 11 is 0. The molecule has 0 radical (unpaired) electrons. The van der Waals surface area contributed by atoms with Gasteiger partial charge in [-0.1, -0.05) is 6.92 Å². The molecule has 0 atom stereocenters. The second kappa shape index (κ2) is 6.34. The van der Waals surface area contributed by atoms with Crippen LogP contribution in [-0.2, 0) is 4.74 Å². The van der Waals surface area contributed by atoms with Crippen LogP contribution in [0.1, 0.15) is 19.8 Å². The van der Waals surface area contributed by atoms with E-state index in [0.717, 1.165) is 32.5 Å². The van der Waals surface area contributed by atoms with Crippen LogP contribution in [0.2, 0.25) is 0 Å². The fourth-order valence-electron chi connectivity index (χ4n) is 1.71. The van der Waals surface area contributed by atoms with Crippen LogP contribution in [0.4, 0.5) is 11.9 Å². The summed E-state index contributed by atoms with van der Waals surface area (Å²) in [5.41, 5.74) is 5.68. The second-order valence-electron chi connectivity index (χ2n) is 4.08. The maximum Gasteiger partial charge on any atom is 0.323 e. The number of nitrogen functional groups attached to an aromatic ring is 1. The van der Waals surface area contributed by atoms with Crippen molar-refractivity contribution in [2.45, 2.75) is 19.8 Å². The third-order valence-electron chi connectivity index (χ3n) is 2.56. The fraction of sp³-hybridized carbons (Fsp3) is 0.727. The molecule has 1 fully saturated rings. The molecule has 2 heterocycles. The minimum atomic E-state index is 0.191. The largest absolute Gasteiger partial charge is 0.463 e. The van der Waals surface area contributed by atoms with E-state index in [1.807, 2.05) is 11.8 Å². The third-order valence-corrected chi connectivity index (χ3v) is 2.56. The van der Waals surface area contributed by atoms with E-state index in [-0.39, 0.29) is 5.95 Å². The van der Waals surface area contributed by atoms with E-state index in [2.05, 4.69) is 15.0 Å². The molecule has 0 saturated carbocycles. The van der Waals surface area contributed by atoms with Crippen LogP contribution >= 0.6 is 0 Å². The Balaban J connectivity index is 2.12. The smallest absolute Gasteiger partial charge is 0.323 e. The molecule has 0 amide bonds. The Hall–Kier alpha value is -1.63. The zero-order valence-electron chi connectivity index (χ0n) is 10.6. The van der Waals surface area contributed by atoms with E-state index in [1.54, 1.807) is 0 Å². The maximum absolute atomic E-state index is 5.68. The van der Waals surface area contributed by atoms with E-state index < -0.39 is 0 Å². The number of hydrogen-bond donors (Lipinski definition) is 1. The number of ether oxygens (including phenoxy) is 2. The number of nitrogens with two attached hydrogens (primary N) is 1. The molecule has 100 valence electrons.